The maximum absolute atomic E-state index is 12.1. The van der Waals surface area contributed by atoms with Gasteiger partial charge in [0.2, 0.25) is 5.91 Å². The van der Waals surface area contributed by atoms with Crippen LogP contribution in [-0.4, -0.2) is 69.2 Å². The minimum absolute atomic E-state index is 0.0636. The lowest BCUT2D eigenvalue weighted by molar-refractivity contribution is -0.122. The number of methoxy groups -OCH3 is 2. The standard InChI is InChI=1S/C18H29N3O3/c1-4-7-20-8-10-21(11-9-20)14-18(22)19-13-15-5-6-16(23-2)17(12-15)24-3/h5-6,12H,4,7-11,13-14H2,1-3H3,(H,19,22). The third-order valence-corrected chi connectivity index (χ3v) is 4.31. The molecule has 1 fully saturated rings. The van der Waals surface area contributed by atoms with Crippen molar-refractivity contribution in [1.29, 1.82) is 0 Å². The Bertz CT molecular complexity index is 528. The zero-order valence-electron chi connectivity index (χ0n) is 15.0. The quantitative estimate of drug-likeness (QED) is 0.777. The van der Waals surface area contributed by atoms with E-state index in [2.05, 4.69) is 22.0 Å². The van der Waals surface area contributed by atoms with Gasteiger partial charge in [0.15, 0.2) is 11.5 Å². The fraction of sp³-hybridized carbons (Fsp3) is 0.611. The van der Waals surface area contributed by atoms with Crippen molar-refractivity contribution in [2.45, 2.75) is 19.9 Å². The van der Waals surface area contributed by atoms with Gasteiger partial charge in [-0.15, -0.1) is 0 Å². The molecule has 0 unspecified atom stereocenters. The molecule has 1 aromatic rings. The minimum atomic E-state index is 0.0636. The second kappa shape index (κ2) is 9.49. The van der Waals surface area contributed by atoms with Crippen LogP contribution in [0.15, 0.2) is 18.2 Å². The average molecular weight is 335 g/mol. The van der Waals surface area contributed by atoms with Gasteiger partial charge in [0.1, 0.15) is 0 Å². The molecule has 6 nitrogen and oxygen atoms in total. The first kappa shape index (κ1) is 18.5. The van der Waals surface area contributed by atoms with Gasteiger partial charge in [-0.3, -0.25) is 9.69 Å². The molecule has 1 aliphatic rings. The summed E-state index contributed by atoms with van der Waals surface area (Å²) in [5.41, 5.74) is 0.994. The lowest BCUT2D eigenvalue weighted by atomic mass is 10.2. The van der Waals surface area contributed by atoms with Crippen LogP contribution < -0.4 is 14.8 Å². The van der Waals surface area contributed by atoms with Crippen molar-refractivity contribution in [2.75, 3.05) is 53.5 Å². The number of carbonyl (C=O) groups is 1. The van der Waals surface area contributed by atoms with Crippen LogP contribution in [0.2, 0.25) is 0 Å². The highest BCUT2D eigenvalue weighted by Crippen LogP contribution is 2.27. The van der Waals surface area contributed by atoms with Gasteiger partial charge in [0, 0.05) is 32.7 Å². The van der Waals surface area contributed by atoms with Crippen molar-refractivity contribution < 1.29 is 14.3 Å². The molecule has 1 saturated heterocycles. The molecule has 1 N–H and O–H groups in total. The number of hydrogen-bond donors (Lipinski definition) is 1. The van der Waals surface area contributed by atoms with Gasteiger partial charge in [-0.2, -0.15) is 0 Å². The molecule has 2 rings (SSSR count). The lowest BCUT2D eigenvalue weighted by Gasteiger charge is -2.34. The Labute approximate surface area is 144 Å². The van der Waals surface area contributed by atoms with Crippen molar-refractivity contribution in [3.8, 4) is 11.5 Å². The van der Waals surface area contributed by atoms with Crippen molar-refractivity contribution in [3.63, 3.8) is 0 Å². The molecule has 0 aromatic heterocycles. The fourth-order valence-corrected chi connectivity index (χ4v) is 2.94. The Hall–Kier alpha value is -1.79. The van der Waals surface area contributed by atoms with E-state index >= 15 is 0 Å². The minimum Gasteiger partial charge on any atom is -0.493 e. The predicted molar refractivity (Wildman–Crippen MR) is 94.6 cm³/mol. The summed E-state index contributed by atoms with van der Waals surface area (Å²) in [6, 6.07) is 5.68. The van der Waals surface area contributed by atoms with Crippen LogP contribution in [0.1, 0.15) is 18.9 Å². The average Bonchev–Trinajstić information content (AvgIpc) is 2.61. The van der Waals surface area contributed by atoms with Gasteiger partial charge in [0.05, 0.1) is 20.8 Å². The third kappa shape index (κ3) is 5.39. The number of nitrogens with one attached hydrogen (secondary N) is 1. The maximum Gasteiger partial charge on any atom is 0.234 e. The Kier molecular flexibility index (Phi) is 7.34. The predicted octanol–water partition coefficient (Wildman–Crippen LogP) is 1.35. The molecular formula is C18H29N3O3. The summed E-state index contributed by atoms with van der Waals surface area (Å²) in [7, 11) is 3.22. The summed E-state index contributed by atoms with van der Waals surface area (Å²) < 4.78 is 10.5. The first-order valence-electron chi connectivity index (χ1n) is 8.58. The van der Waals surface area contributed by atoms with Crippen LogP contribution in [-0.2, 0) is 11.3 Å². The topological polar surface area (TPSA) is 54.0 Å². The van der Waals surface area contributed by atoms with E-state index in [9.17, 15) is 4.79 Å². The largest absolute Gasteiger partial charge is 0.493 e. The Morgan fingerprint density at radius 2 is 1.75 bits per heavy atom. The highest BCUT2D eigenvalue weighted by atomic mass is 16.5. The number of ether oxygens (including phenoxy) is 2. The van der Waals surface area contributed by atoms with Gasteiger partial charge >= 0.3 is 0 Å². The van der Waals surface area contributed by atoms with E-state index in [1.807, 2.05) is 18.2 Å². The molecule has 24 heavy (non-hydrogen) atoms. The van der Waals surface area contributed by atoms with Crippen LogP contribution in [0, 0.1) is 0 Å². The summed E-state index contributed by atoms with van der Waals surface area (Å²) in [5.74, 6) is 1.43. The van der Waals surface area contributed by atoms with Crippen molar-refractivity contribution in [2.24, 2.45) is 0 Å². The molecule has 0 spiro atoms. The van der Waals surface area contributed by atoms with Gasteiger partial charge in [-0.1, -0.05) is 13.0 Å². The third-order valence-electron chi connectivity index (χ3n) is 4.31. The molecule has 1 aliphatic heterocycles. The Balaban J connectivity index is 1.75. The molecule has 0 bridgehead atoms. The second-order valence-corrected chi connectivity index (χ2v) is 6.08. The zero-order valence-corrected chi connectivity index (χ0v) is 15.0. The van der Waals surface area contributed by atoms with Crippen molar-refractivity contribution in [1.82, 2.24) is 15.1 Å². The lowest BCUT2D eigenvalue weighted by Crippen LogP contribution is -2.49. The van der Waals surface area contributed by atoms with Gasteiger partial charge in [-0.05, 0) is 30.7 Å². The number of carbonyl (C=O) groups excluding carboxylic acids is 1. The number of amides is 1. The zero-order chi connectivity index (χ0) is 17.4. The Morgan fingerprint density at radius 1 is 1.08 bits per heavy atom. The van der Waals surface area contributed by atoms with E-state index in [1.54, 1.807) is 14.2 Å². The highest BCUT2D eigenvalue weighted by Gasteiger charge is 2.18. The number of nitrogens with zero attached hydrogens (tertiary/aromatic N) is 2. The van der Waals surface area contributed by atoms with Crippen LogP contribution >= 0.6 is 0 Å². The van der Waals surface area contributed by atoms with Crippen LogP contribution in [0.4, 0.5) is 0 Å². The van der Waals surface area contributed by atoms with E-state index in [-0.39, 0.29) is 5.91 Å². The van der Waals surface area contributed by atoms with Gasteiger partial charge in [-0.25, -0.2) is 0 Å². The summed E-state index contributed by atoms with van der Waals surface area (Å²) in [6.07, 6.45) is 1.19. The second-order valence-electron chi connectivity index (χ2n) is 6.08. The van der Waals surface area contributed by atoms with E-state index in [0.717, 1.165) is 38.3 Å². The molecule has 0 atom stereocenters. The summed E-state index contributed by atoms with van der Waals surface area (Å²) in [6.45, 7) is 8.34. The first-order valence-corrected chi connectivity index (χ1v) is 8.58. The molecule has 1 heterocycles. The van der Waals surface area contributed by atoms with Gasteiger partial charge < -0.3 is 19.7 Å². The SMILES string of the molecule is CCCN1CCN(CC(=O)NCc2ccc(OC)c(OC)c2)CC1. The molecule has 6 heteroatoms. The molecule has 0 aliphatic carbocycles. The van der Waals surface area contributed by atoms with E-state index in [4.69, 9.17) is 9.47 Å². The molecule has 1 amide bonds. The van der Waals surface area contributed by atoms with E-state index < -0.39 is 0 Å². The van der Waals surface area contributed by atoms with Crippen LogP contribution in [0.5, 0.6) is 11.5 Å². The smallest absolute Gasteiger partial charge is 0.234 e. The monoisotopic (exact) mass is 335 g/mol. The Morgan fingerprint density at radius 3 is 2.38 bits per heavy atom. The van der Waals surface area contributed by atoms with Crippen LogP contribution in [0.25, 0.3) is 0 Å². The molecule has 134 valence electrons. The van der Waals surface area contributed by atoms with E-state index in [0.29, 0.717) is 24.6 Å². The summed E-state index contributed by atoms with van der Waals surface area (Å²) in [5, 5.41) is 2.98. The molecule has 0 radical (unpaired) electrons. The summed E-state index contributed by atoms with van der Waals surface area (Å²) >= 11 is 0. The maximum atomic E-state index is 12.1. The molecular weight excluding hydrogens is 306 g/mol. The summed E-state index contributed by atoms with van der Waals surface area (Å²) in [4.78, 5) is 16.8. The number of hydrogen-bond acceptors (Lipinski definition) is 5. The van der Waals surface area contributed by atoms with Gasteiger partial charge in [0.25, 0.3) is 0 Å². The number of rotatable bonds is 8. The van der Waals surface area contributed by atoms with Crippen LogP contribution in [0.3, 0.4) is 0 Å². The fourth-order valence-electron chi connectivity index (χ4n) is 2.94. The normalized spacial score (nSPS) is 16.0. The number of piperazine rings is 1. The number of benzene rings is 1. The highest BCUT2D eigenvalue weighted by molar-refractivity contribution is 5.78. The van der Waals surface area contributed by atoms with E-state index in [1.165, 1.54) is 6.42 Å². The van der Waals surface area contributed by atoms with Crippen molar-refractivity contribution in [3.05, 3.63) is 23.8 Å². The van der Waals surface area contributed by atoms with Crippen molar-refractivity contribution >= 4 is 5.91 Å². The molecule has 1 aromatic carbocycles. The molecule has 0 saturated carbocycles. The first-order chi connectivity index (χ1) is 11.7.